The molecular weight excluding hydrogens is 451 g/mol. The number of halogens is 5. The van der Waals surface area contributed by atoms with Crippen molar-refractivity contribution in [2.75, 3.05) is 6.61 Å². The second-order valence-electron chi connectivity index (χ2n) is 8.21. The molecule has 0 aliphatic heterocycles. The molecule has 3 atom stereocenters. The number of benzene rings is 2. The Morgan fingerprint density at radius 1 is 1.09 bits per heavy atom. The summed E-state index contributed by atoms with van der Waals surface area (Å²) in [6, 6.07) is 6.93. The van der Waals surface area contributed by atoms with Crippen LogP contribution in [0.4, 0.5) is 22.0 Å². The van der Waals surface area contributed by atoms with Gasteiger partial charge in [-0.2, -0.15) is 0 Å². The third kappa shape index (κ3) is 5.93. The zero-order chi connectivity index (χ0) is 24.6. The van der Waals surface area contributed by atoms with Gasteiger partial charge in [-0.05, 0) is 74.4 Å². The molecule has 5 nitrogen and oxygen atoms in total. The molecule has 1 saturated carbocycles. The van der Waals surface area contributed by atoms with E-state index in [1.807, 2.05) is 0 Å². The van der Waals surface area contributed by atoms with Gasteiger partial charge in [0.05, 0.1) is 12.7 Å². The number of hydrogen-bond acceptors (Lipinski definition) is 5. The zero-order valence-electron chi connectivity index (χ0n) is 18.1. The maximum absolute atomic E-state index is 14.6. The number of rotatable bonds is 8. The van der Waals surface area contributed by atoms with Crippen molar-refractivity contribution in [2.45, 2.75) is 51.2 Å². The SMILES string of the molecule is CCOC(=O)C(C)(C)Oc1c(F)cc(C2CC2C(O)c2ccc(OC(F)(F)F)cc2)cc1F. The van der Waals surface area contributed by atoms with Crippen LogP contribution in [0.3, 0.4) is 0 Å². The van der Waals surface area contributed by atoms with Crippen molar-refractivity contribution >= 4 is 5.97 Å². The van der Waals surface area contributed by atoms with Gasteiger partial charge in [0.15, 0.2) is 23.0 Å². The molecule has 1 aliphatic rings. The van der Waals surface area contributed by atoms with Crippen molar-refractivity contribution in [1.82, 2.24) is 0 Å². The van der Waals surface area contributed by atoms with Crippen molar-refractivity contribution in [3.8, 4) is 11.5 Å². The van der Waals surface area contributed by atoms with Crippen LogP contribution in [0.5, 0.6) is 11.5 Å². The second-order valence-corrected chi connectivity index (χ2v) is 8.21. The predicted octanol–water partition coefficient (Wildman–Crippen LogP) is 5.42. The summed E-state index contributed by atoms with van der Waals surface area (Å²) in [5.74, 6) is -4.65. The van der Waals surface area contributed by atoms with E-state index < -0.39 is 47.2 Å². The van der Waals surface area contributed by atoms with E-state index in [1.165, 1.54) is 26.0 Å². The smallest absolute Gasteiger partial charge is 0.470 e. The zero-order valence-corrected chi connectivity index (χ0v) is 18.1. The number of hydrogen-bond donors (Lipinski definition) is 1. The highest BCUT2D eigenvalue weighted by atomic mass is 19.4. The summed E-state index contributed by atoms with van der Waals surface area (Å²) < 4.78 is 80.0. The van der Waals surface area contributed by atoms with Crippen LogP contribution in [0.2, 0.25) is 0 Å². The van der Waals surface area contributed by atoms with Gasteiger partial charge in [-0.25, -0.2) is 13.6 Å². The Morgan fingerprint density at radius 3 is 2.18 bits per heavy atom. The average molecular weight is 474 g/mol. The molecule has 0 heterocycles. The van der Waals surface area contributed by atoms with E-state index in [0.717, 1.165) is 24.3 Å². The number of carbonyl (C=O) groups excluding carboxylic acids is 1. The monoisotopic (exact) mass is 474 g/mol. The Morgan fingerprint density at radius 2 is 1.67 bits per heavy atom. The van der Waals surface area contributed by atoms with Gasteiger partial charge in [0.1, 0.15) is 5.75 Å². The summed E-state index contributed by atoms with van der Waals surface area (Å²) in [7, 11) is 0. The molecule has 33 heavy (non-hydrogen) atoms. The van der Waals surface area contributed by atoms with E-state index in [1.54, 1.807) is 6.92 Å². The highest BCUT2D eigenvalue weighted by Crippen LogP contribution is 2.54. The molecule has 180 valence electrons. The van der Waals surface area contributed by atoms with Crippen LogP contribution >= 0.6 is 0 Å². The lowest BCUT2D eigenvalue weighted by molar-refractivity contribution is -0.274. The van der Waals surface area contributed by atoms with Crippen molar-refractivity contribution < 1.29 is 46.1 Å². The van der Waals surface area contributed by atoms with Crippen LogP contribution in [0.25, 0.3) is 0 Å². The molecule has 0 bridgehead atoms. The number of ether oxygens (including phenoxy) is 3. The highest BCUT2D eigenvalue weighted by Gasteiger charge is 2.45. The first-order valence-corrected chi connectivity index (χ1v) is 10.2. The topological polar surface area (TPSA) is 65.0 Å². The van der Waals surface area contributed by atoms with E-state index in [0.29, 0.717) is 17.5 Å². The fourth-order valence-corrected chi connectivity index (χ4v) is 3.55. The minimum atomic E-state index is -4.82. The maximum atomic E-state index is 14.6. The summed E-state index contributed by atoms with van der Waals surface area (Å²) in [4.78, 5) is 11.9. The average Bonchev–Trinajstić information content (AvgIpc) is 3.50. The minimum Gasteiger partial charge on any atom is -0.470 e. The largest absolute Gasteiger partial charge is 0.573 e. The van der Waals surface area contributed by atoms with Gasteiger partial charge in [0, 0.05) is 0 Å². The second kappa shape index (κ2) is 9.17. The van der Waals surface area contributed by atoms with Crippen molar-refractivity contribution in [2.24, 2.45) is 5.92 Å². The summed E-state index contributed by atoms with van der Waals surface area (Å²) in [5.41, 5.74) is -0.957. The fourth-order valence-electron chi connectivity index (χ4n) is 3.55. The summed E-state index contributed by atoms with van der Waals surface area (Å²) in [6.45, 7) is 4.33. The third-order valence-electron chi connectivity index (χ3n) is 5.27. The molecule has 0 spiro atoms. The van der Waals surface area contributed by atoms with Gasteiger partial charge in [0.25, 0.3) is 0 Å². The van der Waals surface area contributed by atoms with Crippen molar-refractivity contribution in [1.29, 1.82) is 0 Å². The summed E-state index contributed by atoms with van der Waals surface area (Å²) >= 11 is 0. The number of carbonyl (C=O) groups is 1. The van der Waals surface area contributed by atoms with Gasteiger partial charge >= 0.3 is 12.3 Å². The Balaban J connectivity index is 1.70. The molecule has 3 unspecified atom stereocenters. The van der Waals surface area contributed by atoms with E-state index in [4.69, 9.17) is 9.47 Å². The Bertz CT molecular complexity index is 980. The van der Waals surface area contributed by atoms with Crippen LogP contribution in [-0.4, -0.2) is 29.6 Å². The fraction of sp³-hybridized carbons (Fsp3) is 0.435. The molecule has 1 N–H and O–H groups in total. The molecule has 0 aromatic heterocycles. The summed E-state index contributed by atoms with van der Waals surface area (Å²) in [6.07, 6.45) is -5.44. The predicted molar refractivity (Wildman–Crippen MR) is 107 cm³/mol. The standard InChI is InChI=1S/C23H23F5O5/c1-4-31-21(30)22(2,3)33-20-17(24)9-13(10-18(20)25)15-11-16(15)19(29)12-5-7-14(8-6-12)32-23(26,27)28/h5-10,15-16,19,29H,4,11H2,1-3H3. The Hall–Kier alpha value is -2.88. The lowest BCUT2D eigenvalue weighted by atomic mass is 10.0. The molecule has 10 heteroatoms. The molecule has 0 saturated heterocycles. The van der Waals surface area contributed by atoms with E-state index in [2.05, 4.69) is 4.74 Å². The molecule has 1 aliphatic carbocycles. The molecule has 2 aromatic carbocycles. The molecule has 2 aromatic rings. The molecule has 1 fully saturated rings. The van der Waals surface area contributed by atoms with Crippen molar-refractivity contribution in [3.05, 3.63) is 59.2 Å². The minimum absolute atomic E-state index is 0.0823. The Kier molecular flexibility index (Phi) is 6.88. The van der Waals surface area contributed by atoms with Crippen molar-refractivity contribution in [3.63, 3.8) is 0 Å². The molecular formula is C23H23F5O5. The number of aliphatic hydroxyl groups is 1. The van der Waals surface area contributed by atoms with E-state index >= 15 is 0 Å². The first kappa shape index (κ1) is 24.8. The lowest BCUT2D eigenvalue weighted by Gasteiger charge is -2.24. The van der Waals surface area contributed by atoms with Gasteiger partial charge in [-0.15, -0.1) is 13.2 Å². The molecule has 3 rings (SSSR count). The lowest BCUT2D eigenvalue weighted by Crippen LogP contribution is -2.40. The molecule has 0 amide bonds. The van der Waals surface area contributed by atoms with Gasteiger partial charge < -0.3 is 19.3 Å². The van der Waals surface area contributed by atoms with Crippen LogP contribution in [0, 0.1) is 17.6 Å². The quantitative estimate of drug-likeness (QED) is 0.409. The van der Waals surface area contributed by atoms with E-state index in [-0.39, 0.29) is 18.4 Å². The van der Waals surface area contributed by atoms with Crippen LogP contribution in [0.1, 0.15) is 50.3 Å². The van der Waals surface area contributed by atoms with Gasteiger partial charge in [0.2, 0.25) is 0 Å². The van der Waals surface area contributed by atoms with Crippen LogP contribution in [0.15, 0.2) is 36.4 Å². The van der Waals surface area contributed by atoms with Gasteiger partial charge in [-0.3, -0.25) is 0 Å². The number of esters is 1. The van der Waals surface area contributed by atoms with Crippen LogP contribution < -0.4 is 9.47 Å². The number of alkyl halides is 3. The molecule has 0 radical (unpaired) electrons. The van der Waals surface area contributed by atoms with Crippen LogP contribution in [-0.2, 0) is 9.53 Å². The number of aliphatic hydroxyl groups excluding tert-OH is 1. The normalized spacial score (nSPS) is 19.1. The Labute approximate surface area is 187 Å². The first-order chi connectivity index (χ1) is 15.3. The van der Waals surface area contributed by atoms with E-state index in [9.17, 15) is 31.9 Å². The maximum Gasteiger partial charge on any atom is 0.573 e. The van der Waals surface area contributed by atoms with Gasteiger partial charge in [-0.1, -0.05) is 12.1 Å². The summed E-state index contributed by atoms with van der Waals surface area (Å²) in [5, 5.41) is 10.5. The third-order valence-corrected chi connectivity index (χ3v) is 5.27. The first-order valence-electron chi connectivity index (χ1n) is 10.2. The highest BCUT2D eigenvalue weighted by molar-refractivity contribution is 5.79.